The second-order valence-electron chi connectivity index (χ2n) is 8.94. The van der Waals surface area contributed by atoms with Crippen LogP contribution in [0.5, 0.6) is 0 Å². The zero-order valence-electron chi connectivity index (χ0n) is 19.9. The van der Waals surface area contributed by atoms with Gasteiger partial charge in [-0.25, -0.2) is 0 Å². The summed E-state index contributed by atoms with van der Waals surface area (Å²) in [4.78, 5) is 34.0. The number of fused-ring (bicyclic) bond motifs is 2. The maximum Gasteiger partial charge on any atom is 0.209 e. The molecule has 0 spiro atoms. The molecule has 0 saturated heterocycles. The molecular weight excluding hydrogens is 610 g/mol. The molecule has 0 atom stereocenters. The summed E-state index contributed by atoms with van der Waals surface area (Å²) in [5.41, 5.74) is 4.12. The molecular formula is C30H17Br2N3O3. The number of aryl methyl sites for hydroxylation is 1. The summed E-state index contributed by atoms with van der Waals surface area (Å²) in [5.74, 6) is -0.347. The van der Waals surface area contributed by atoms with E-state index in [4.69, 9.17) is 4.42 Å². The Morgan fingerprint density at radius 3 is 2.47 bits per heavy atom. The van der Waals surface area contributed by atoms with Gasteiger partial charge >= 0.3 is 0 Å². The van der Waals surface area contributed by atoms with Crippen LogP contribution in [0.1, 0.15) is 27.2 Å². The lowest BCUT2D eigenvalue weighted by molar-refractivity contribution is 0.103. The number of hydrogen-bond donors (Lipinski definition) is 2. The highest BCUT2D eigenvalue weighted by Gasteiger charge is 2.28. The van der Waals surface area contributed by atoms with Crippen LogP contribution >= 0.6 is 31.9 Å². The van der Waals surface area contributed by atoms with Crippen molar-refractivity contribution < 1.29 is 9.21 Å². The molecule has 38 heavy (non-hydrogen) atoms. The molecule has 6 nitrogen and oxygen atoms in total. The van der Waals surface area contributed by atoms with Gasteiger partial charge < -0.3 is 14.4 Å². The molecule has 0 aliphatic heterocycles. The molecule has 3 heterocycles. The van der Waals surface area contributed by atoms with Gasteiger partial charge in [0.15, 0.2) is 0 Å². The maximum atomic E-state index is 13.8. The minimum atomic E-state index is -0.347. The minimum Gasteiger partial charge on any atom is -0.463 e. The highest BCUT2D eigenvalue weighted by Crippen LogP contribution is 2.39. The topological polar surface area (TPSA) is 103 Å². The van der Waals surface area contributed by atoms with Crippen LogP contribution in [-0.4, -0.2) is 15.8 Å². The fraction of sp³-hybridized carbons (Fsp3) is 0.0333. The Morgan fingerprint density at radius 1 is 0.947 bits per heavy atom. The number of aromatic nitrogens is 2. The third kappa shape index (κ3) is 3.92. The van der Waals surface area contributed by atoms with Crippen molar-refractivity contribution in [3.8, 4) is 28.5 Å². The predicted octanol–water partition coefficient (Wildman–Crippen LogP) is 7.87. The van der Waals surface area contributed by atoms with Gasteiger partial charge in [0, 0.05) is 42.7 Å². The molecule has 184 valence electrons. The number of halogens is 2. The first-order valence-electron chi connectivity index (χ1n) is 11.6. The van der Waals surface area contributed by atoms with Crippen LogP contribution in [0.15, 0.2) is 91.3 Å². The average Bonchev–Trinajstić information content (AvgIpc) is 3.50. The van der Waals surface area contributed by atoms with Gasteiger partial charge in [-0.05, 0) is 61.5 Å². The third-order valence-electron chi connectivity index (χ3n) is 6.56. The van der Waals surface area contributed by atoms with Crippen LogP contribution in [0, 0.1) is 18.3 Å². The minimum absolute atomic E-state index is 0.141. The van der Waals surface area contributed by atoms with E-state index in [1.54, 1.807) is 42.6 Å². The second kappa shape index (κ2) is 9.28. The van der Waals surface area contributed by atoms with E-state index >= 15 is 0 Å². The lowest BCUT2D eigenvalue weighted by Gasteiger charge is -2.06. The molecule has 6 rings (SSSR count). The molecule has 6 aromatic rings. The number of H-pyrrole nitrogens is 2. The molecule has 3 aromatic carbocycles. The maximum absolute atomic E-state index is 13.8. The molecule has 0 fully saturated rings. The first-order valence-corrected chi connectivity index (χ1v) is 13.2. The molecule has 8 heteroatoms. The lowest BCUT2D eigenvalue weighted by atomic mass is 9.95. The monoisotopic (exact) mass is 625 g/mol. The molecule has 0 aliphatic carbocycles. The lowest BCUT2D eigenvalue weighted by Crippen LogP contribution is -2.09. The Morgan fingerprint density at radius 2 is 1.71 bits per heavy atom. The zero-order valence-corrected chi connectivity index (χ0v) is 23.0. The number of hydrogen-bond acceptors (Lipinski definition) is 4. The normalized spacial score (nSPS) is 11.2. The van der Waals surface area contributed by atoms with Gasteiger partial charge in [-0.2, -0.15) is 5.26 Å². The van der Waals surface area contributed by atoms with Crippen LogP contribution in [0.4, 0.5) is 0 Å². The van der Waals surface area contributed by atoms with Gasteiger partial charge in [0.05, 0.1) is 27.9 Å². The smallest absolute Gasteiger partial charge is 0.209 e. The Labute approximate surface area is 233 Å². The highest BCUT2D eigenvalue weighted by atomic mass is 79.9. The fourth-order valence-corrected chi connectivity index (χ4v) is 5.34. The predicted molar refractivity (Wildman–Crippen MR) is 154 cm³/mol. The number of nitrogens with one attached hydrogen (secondary N) is 2. The van der Waals surface area contributed by atoms with Crippen molar-refractivity contribution in [2.75, 3.05) is 0 Å². The van der Waals surface area contributed by atoms with Gasteiger partial charge in [-0.3, -0.25) is 9.59 Å². The Hall–Kier alpha value is -4.19. The third-order valence-corrected chi connectivity index (χ3v) is 7.58. The van der Waals surface area contributed by atoms with Crippen LogP contribution in [0.3, 0.4) is 0 Å². The van der Waals surface area contributed by atoms with Crippen molar-refractivity contribution in [1.82, 2.24) is 9.97 Å². The summed E-state index contributed by atoms with van der Waals surface area (Å²) in [6.45, 7) is 1.89. The average molecular weight is 627 g/mol. The SMILES string of the molecule is Cc1ccc2occ(-c3c(C(=O)c4ccc(Br)cc4)[nH]c(-c4c[nH]c5ccc(Br)cc45)c3C#N)c(=O)c2c1. The molecule has 3 aromatic heterocycles. The quantitative estimate of drug-likeness (QED) is 0.194. The van der Waals surface area contributed by atoms with E-state index in [1.165, 1.54) is 6.26 Å². The van der Waals surface area contributed by atoms with E-state index in [2.05, 4.69) is 47.9 Å². The van der Waals surface area contributed by atoms with Gasteiger partial charge in [-0.1, -0.05) is 43.5 Å². The molecule has 0 bridgehead atoms. The van der Waals surface area contributed by atoms with Crippen LogP contribution in [0.25, 0.3) is 44.3 Å². The summed E-state index contributed by atoms with van der Waals surface area (Å²) in [7, 11) is 0. The van der Waals surface area contributed by atoms with E-state index in [0.717, 1.165) is 25.4 Å². The zero-order chi connectivity index (χ0) is 26.6. The number of ketones is 1. The van der Waals surface area contributed by atoms with Crippen molar-refractivity contribution in [3.63, 3.8) is 0 Å². The first-order chi connectivity index (χ1) is 18.4. The first kappa shape index (κ1) is 24.2. The Bertz CT molecular complexity index is 2010. The number of carbonyl (C=O) groups is 1. The number of carbonyl (C=O) groups excluding carboxylic acids is 1. The summed E-state index contributed by atoms with van der Waals surface area (Å²) in [5, 5.41) is 11.6. The van der Waals surface area contributed by atoms with Crippen molar-refractivity contribution in [1.29, 1.82) is 5.26 Å². The van der Waals surface area contributed by atoms with Crippen molar-refractivity contribution in [3.05, 3.63) is 115 Å². The number of benzene rings is 3. The number of aromatic amines is 2. The van der Waals surface area contributed by atoms with Crippen molar-refractivity contribution in [2.24, 2.45) is 0 Å². The summed E-state index contributed by atoms with van der Waals surface area (Å²) in [6, 6.07) is 20.3. The molecule has 0 saturated carbocycles. The largest absolute Gasteiger partial charge is 0.463 e. The van der Waals surface area contributed by atoms with E-state index in [0.29, 0.717) is 27.8 Å². The fourth-order valence-electron chi connectivity index (χ4n) is 4.72. The van der Waals surface area contributed by atoms with Crippen molar-refractivity contribution in [2.45, 2.75) is 6.92 Å². The van der Waals surface area contributed by atoms with Gasteiger partial charge in [-0.15, -0.1) is 0 Å². The highest BCUT2D eigenvalue weighted by molar-refractivity contribution is 9.10. The Kier molecular flexibility index (Phi) is 5.90. The number of rotatable bonds is 4. The molecule has 0 aliphatic rings. The summed E-state index contributed by atoms with van der Waals surface area (Å²) < 4.78 is 7.52. The molecule has 2 N–H and O–H groups in total. The van der Waals surface area contributed by atoms with E-state index < -0.39 is 0 Å². The van der Waals surface area contributed by atoms with Crippen LogP contribution in [0.2, 0.25) is 0 Å². The van der Waals surface area contributed by atoms with Crippen LogP contribution < -0.4 is 5.43 Å². The van der Waals surface area contributed by atoms with Crippen molar-refractivity contribution >= 4 is 59.5 Å². The van der Waals surface area contributed by atoms with E-state index in [-0.39, 0.29) is 33.6 Å². The molecule has 0 amide bonds. The number of nitriles is 1. The van der Waals surface area contributed by atoms with Gasteiger partial charge in [0.2, 0.25) is 11.2 Å². The van der Waals surface area contributed by atoms with E-state index in [9.17, 15) is 14.9 Å². The molecule has 0 unspecified atom stereocenters. The second-order valence-corrected chi connectivity index (χ2v) is 10.8. The summed E-state index contributed by atoms with van der Waals surface area (Å²) in [6.07, 6.45) is 3.12. The van der Waals surface area contributed by atoms with E-state index in [1.807, 2.05) is 31.2 Å². The Balaban J connectivity index is 1.68. The summed E-state index contributed by atoms with van der Waals surface area (Å²) >= 11 is 6.91. The number of nitrogens with zero attached hydrogens (tertiary/aromatic N) is 1. The standard InChI is InChI=1S/C30H17Br2N3O3/c1-15-2-9-25-20(10-15)30(37)23(14-38-25)26-21(12-33)27(22-13-34-24-8-7-18(32)11-19(22)24)35-28(26)29(36)16-3-5-17(31)6-4-16/h2-11,13-14,34-35H,1H3. The molecule has 0 radical (unpaired) electrons. The van der Waals surface area contributed by atoms with Gasteiger partial charge in [0.1, 0.15) is 17.9 Å². The van der Waals surface area contributed by atoms with Gasteiger partial charge in [0.25, 0.3) is 0 Å². The van der Waals surface area contributed by atoms with Crippen LogP contribution in [-0.2, 0) is 0 Å².